The van der Waals surface area contributed by atoms with Crippen molar-refractivity contribution in [2.75, 3.05) is 6.61 Å². The average molecular weight is 563 g/mol. The second-order valence-electron chi connectivity index (χ2n) is 12.4. The van der Waals surface area contributed by atoms with Crippen molar-refractivity contribution in [1.82, 2.24) is 0 Å². The van der Waals surface area contributed by atoms with Gasteiger partial charge in [0.05, 0.1) is 12.2 Å². The molecule has 1 aliphatic carbocycles. The van der Waals surface area contributed by atoms with E-state index in [1.165, 1.54) is 10.4 Å². The van der Waals surface area contributed by atoms with Crippen LogP contribution in [0.5, 0.6) is 5.75 Å². The van der Waals surface area contributed by atoms with Crippen molar-refractivity contribution in [3.8, 4) is 5.75 Å². The zero-order valence-electron chi connectivity index (χ0n) is 23.9. The highest BCUT2D eigenvalue weighted by atomic mass is 28.4. The standard InChI is InChI=1S/C34H43FO4Si/c1-34(2,3)40(27-15-9-5-10-16-27,28-17-11-6-12-18-28)39-32-23-31-29(21-22-33(36)38-31)30(32)20-19-25(35)24-37-26-13-7-4-8-14-26/h4-18,25,29-33,36H,19-24H2,1-3H3/t25-,29-,30-,31+,32-,33?/m1/s1. The van der Waals surface area contributed by atoms with Gasteiger partial charge in [0.2, 0.25) is 0 Å². The molecule has 0 amide bonds. The molecule has 4 nitrogen and oxygen atoms in total. The first-order valence-electron chi connectivity index (χ1n) is 14.7. The Morgan fingerprint density at radius 3 is 2.05 bits per heavy atom. The van der Waals surface area contributed by atoms with Crippen LogP contribution in [-0.2, 0) is 9.16 Å². The van der Waals surface area contributed by atoms with E-state index in [1.807, 2.05) is 30.3 Å². The van der Waals surface area contributed by atoms with E-state index in [9.17, 15) is 5.11 Å². The van der Waals surface area contributed by atoms with Crippen LogP contribution in [0.4, 0.5) is 4.39 Å². The van der Waals surface area contributed by atoms with Gasteiger partial charge in [-0.25, -0.2) is 4.39 Å². The molecular formula is C34H43FO4Si. The highest BCUT2D eigenvalue weighted by molar-refractivity contribution is 6.99. The van der Waals surface area contributed by atoms with Crippen LogP contribution < -0.4 is 15.1 Å². The first-order chi connectivity index (χ1) is 19.3. The molecule has 2 fully saturated rings. The number of para-hydroxylation sites is 1. The van der Waals surface area contributed by atoms with Crippen LogP contribution in [0.1, 0.15) is 52.9 Å². The summed E-state index contributed by atoms with van der Waals surface area (Å²) in [5.41, 5.74) is 0. The van der Waals surface area contributed by atoms with Crippen LogP contribution in [0.2, 0.25) is 5.04 Å². The fourth-order valence-corrected chi connectivity index (χ4v) is 11.6. The SMILES string of the molecule is CC(C)(C)[Si](O[C@@H]1C[C@@H]2OC(O)CC[C@@H]2[C@H]1CC[C@@H](F)COc1ccccc1)(c1ccccc1)c1ccccc1. The molecule has 6 heteroatoms. The highest BCUT2D eigenvalue weighted by Crippen LogP contribution is 2.48. The van der Waals surface area contributed by atoms with Crippen molar-refractivity contribution in [2.24, 2.45) is 11.8 Å². The van der Waals surface area contributed by atoms with Crippen molar-refractivity contribution in [1.29, 1.82) is 0 Å². The van der Waals surface area contributed by atoms with Gasteiger partial charge in [0.15, 0.2) is 6.29 Å². The van der Waals surface area contributed by atoms with E-state index in [-0.39, 0.29) is 35.7 Å². The average Bonchev–Trinajstić information content (AvgIpc) is 3.30. The van der Waals surface area contributed by atoms with Gasteiger partial charge in [-0.2, -0.15) is 0 Å². The Bertz CT molecular complexity index is 1150. The van der Waals surface area contributed by atoms with Crippen LogP contribution in [0.3, 0.4) is 0 Å². The van der Waals surface area contributed by atoms with E-state index in [1.54, 1.807) is 0 Å². The third-order valence-corrected chi connectivity index (χ3v) is 13.8. The zero-order chi connectivity index (χ0) is 28.2. The maximum Gasteiger partial charge on any atom is 0.261 e. The Kier molecular flexibility index (Phi) is 9.10. The number of benzene rings is 3. The van der Waals surface area contributed by atoms with Crippen LogP contribution in [0, 0.1) is 11.8 Å². The van der Waals surface area contributed by atoms with E-state index in [0.29, 0.717) is 31.4 Å². The van der Waals surface area contributed by atoms with Crippen molar-refractivity contribution >= 4 is 18.7 Å². The first-order valence-corrected chi connectivity index (χ1v) is 16.6. The fraction of sp³-hybridized carbons (Fsp3) is 0.471. The lowest BCUT2D eigenvalue weighted by Gasteiger charge is -2.46. The third-order valence-electron chi connectivity index (χ3n) is 8.78. The summed E-state index contributed by atoms with van der Waals surface area (Å²) in [6, 6.07) is 30.8. The van der Waals surface area contributed by atoms with E-state index in [0.717, 1.165) is 6.42 Å². The molecule has 2 aliphatic rings. The van der Waals surface area contributed by atoms with Crippen molar-refractivity contribution in [3.63, 3.8) is 0 Å². The smallest absolute Gasteiger partial charge is 0.261 e. The predicted octanol–water partition coefficient (Wildman–Crippen LogP) is 6.26. The van der Waals surface area contributed by atoms with Gasteiger partial charge < -0.3 is 19.0 Å². The van der Waals surface area contributed by atoms with Gasteiger partial charge in [0, 0.05) is 0 Å². The summed E-state index contributed by atoms with van der Waals surface area (Å²) >= 11 is 0. The van der Waals surface area contributed by atoms with Gasteiger partial charge in [0.25, 0.3) is 8.32 Å². The summed E-state index contributed by atoms with van der Waals surface area (Å²) < 4.78 is 34.5. The predicted molar refractivity (Wildman–Crippen MR) is 160 cm³/mol. The van der Waals surface area contributed by atoms with Gasteiger partial charge in [-0.05, 0) is 71.5 Å². The molecule has 6 atom stereocenters. The van der Waals surface area contributed by atoms with Crippen molar-refractivity contribution < 1.29 is 23.4 Å². The van der Waals surface area contributed by atoms with Crippen LogP contribution in [0.15, 0.2) is 91.0 Å². The van der Waals surface area contributed by atoms with E-state index < -0.39 is 20.8 Å². The molecule has 1 heterocycles. The fourth-order valence-electron chi connectivity index (χ4n) is 6.91. The Morgan fingerprint density at radius 2 is 1.48 bits per heavy atom. The molecule has 0 aromatic heterocycles. The number of halogens is 1. The Balaban J connectivity index is 1.42. The van der Waals surface area contributed by atoms with Gasteiger partial charge >= 0.3 is 0 Å². The molecule has 1 N–H and O–H groups in total. The normalized spacial score (nSPS) is 25.8. The molecule has 0 bridgehead atoms. The lowest BCUT2D eigenvalue weighted by atomic mass is 9.84. The summed E-state index contributed by atoms with van der Waals surface area (Å²) in [6.45, 7) is 6.90. The molecular weight excluding hydrogens is 519 g/mol. The lowest BCUT2D eigenvalue weighted by molar-refractivity contribution is -0.178. The summed E-state index contributed by atoms with van der Waals surface area (Å²) in [4.78, 5) is 0. The van der Waals surface area contributed by atoms with Crippen LogP contribution >= 0.6 is 0 Å². The van der Waals surface area contributed by atoms with E-state index in [2.05, 4.69) is 81.4 Å². The highest BCUT2D eigenvalue weighted by Gasteiger charge is 2.55. The molecule has 1 aliphatic heterocycles. The Hall–Kier alpha value is -2.51. The molecule has 3 aromatic carbocycles. The molecule has 40 heavy (non-hydrogen) atoms. The summed E-state index contributed by atoms with van der Waals surface area (Å²) in [5.74, 6) is 1.08. The minimum atomic E-state index is -2.79. The van der Waals surface area contributed by atoms with Gasteiger partial charge in [0.1, 0.15) is 18.5 Å². The minimum Gasteiger partial charge on any atom is -0.491 e. The maximum atomic E-state index is 15.2. The summed E-state index contributed by atoms with van der Waals surface area (Å²) in [6.07, 6.45) is 1.34. The molecule has 214 valence electrons. The van der Waals surface area contributed by atoms with Gasteiger partial charge in [-0.15, -0.1) is 0 Å². The van der Waals surface area contributed by atoms with Crippen molar-refractivity contribution in [2.45, 2.75) is 82.6 Å². The van der Waals surface area contributed by atoms with E-state index >= 15 is 4.39 Å². The molecule has 1 saturated heterocycles. The molecule has 1 unspecified atom stereocenters. The zero-order valence-corrected chi connectivity index (χ0v) is 24.9. The van der Waals surface area contributed by atoms with Crippen molar-refractivity contribution in [3.05, 3.63) is 91.0 Å². The third kappa shape index (κ3) is 6.20. The number of aliphatic hydroxyl groups is 1. The lowest BCUT2D eigenvalue weighted by Crippen LogP contribution is -2.68. The molecule has 0 radical (unpaired) electrons. The second-order valence-corrected chi connectivity index (χ2v) is 16.6. The van der Waals surface area contributed by atoms with Gasteiger partial charge in [-0.1, -0.05) is 99.6 Å². The van der Waals surface area contributed by atoms with Crippen LogP contribution in [-0.4, -0.2) is 44.7 Å². The minimum absolute atomic E-state index is 0.0419. The number of fused-ring (bicyclic) bond motifs is 1. The molecule has 3 aromatic rings. The van der Waals surface area contributed by atoms with Crippen LogP contribution in [0.25, 0.3) is 0 Å². The number of ether oxygens (including phenoxy) is 2. The largest absolute Gasteiger partial charge is 0.491 e. The summed E-state index contributed by atoms with van der Waals surface area (Å²) in [5, 5.41) is 12.6. The molecule has 5 rings (SSSR count). The summed E-state index contributed by atoms with van der Waals surface area (Å²) in [7, 11) is -2.79. The van der Waals surface area contributed by atoms with E-state index in [4.69, 9.17) is 13.9 Å². The molecule has 1 saturated carbocycles. The first kappa shape index (κ1) is 29.0. The molecule has 0 spiro atoms. The number of rotatable bonds is 10. The number of aliphatic hydroxyl groups excluding tert-OH is 1. The number of hydrogen-bond acceptors (Lipinski definition) is 4. The van der Waals surface area contributed by atoms with Gasteiger partial charge in [-0.3, -0.25) is 0 Å². The Labute approximate surface area is 239 Å². The quantitative estimate of drug-likeness (QED) is 0.296. The number of alkyl halides is 1. The second kappa shape index (κ2) is 12.6. The Morgan fingerprint density at radius 1 is 0.900 bits per heavy atom. The number of hydrogen-bond donors (Lipinski definition) is 1. The topological polar surface area (TPSA) is 47.9 Å². The monoisotopic (exact) mass is 562 g/mol. The maximum absolute atomic E-state index is 15.2.